The van der Waals surface area contributed by atoms with Crippen molar-refractivity contribution in [2.75, 3.05) is 57.7 Å². The molecule has 1 aliphatic heterocycles. The molecule has 1 unspecified atom stereocenters. The zero-order valence-electron chi connectivity index (χ0n) is 19.1. The van der Waals surface area contributed by atoms with Crippen LogP contribution in [0.3, 0.4) is 0 Å². The van der Waals surface area contributed by atoms with Gasteiger partial charge in [0.05, 0.1) is 12.1 Å². The number of nitrogens with zero attached hydrogens (tertiary/aromatic N) is 4. The average Bonchev–Trinajstić information content (AvgIpc) is 3.09. The van der Waals surface area contributed by atoms with E-state index in [9.17, 15) is 14.9 Å². The van der Waals surface area contributed by atoms with Crippen LogP contribution in [0.2, 0.25) is 0 Å². The topological polar surface area (TPSA) is 79.7 Å². The zero-order chi connectivity index (χ0) is 22.4. The van der Waals surface area contributed by atoms with Crippen LogP contribution in [0.5, 0.6) is 0 Å². The summed E-state index contributed by atoms with van der Waals surface area (Å²) < 4.78 is 0. The number of likely N-dealkylation sites (N-methyl/N-ethyl adjacent to an activating group) is 1. The number of nitriles is 1. The van der Waals surface area contributed by atoms with E-state index in [2.05, 4.69) is 28.1 Å². The first kappa shape index (κ1) is 23.7. The molecule has 7 nitrogen and oxygen atoms in total. The van der Waals surface area contributed by atoms with Crippen molar-refractivity contribution in [3.63, 3.8) is 0 Å². The molecule has 1 saturated heterocycles. The lowest BCUT2D eigenvalue weighted by molar-refractivity contribution is -0.132. The molecule has 1 aromatic heterocycles. The molecule has 1 atom stereocenters. The third kappa shape index (κ3) is 6.06. The number of hydrogen-bond acceptors (Lipinski definition) is 6. The Hall–Kier alpha value is -1.95. The lowest BCUT2D eigenvalue weighted by atomic mass is 9.89. The van der Waals surface area contributed by atoms with E-state index >= 15 is 0 Å². The number of nitrogens with one attached hydrogen (secondary N) is 1. The van der Waals surface area contributed by atoms with Gasteiger partial charge in [0.1, 0.15) is 11.1 Å². The summed E-state index contributed by atoms with van der Waals surface area (Å²) in [5, 5.41) is 13.3. The predicted molar refractivity (Wildman–Crippen MR) is 124 cm³/mol. The molecule has 31 heavy (non-hydrogen) atoms. The SMILES string of the molecule is CCN(CC)C(=O)CN1CCN(CCC(=O)Nc2sc3c(c2C#N)CCC(C)C3)CC1. The maximum atomic E-state index is 12.6. The van der Waals surface area contributed by atoms with Crippen LogP contribution in [0.25, 0.3) is 0 Å². The maximum Gasteiger partial charge on any atom is 0.236 e. The molecule has 0 aromatic carbocycles. The van der Waals surface area contributed by atoms with Crippen LogP contribution in [-0.4, -0.2) is 78.9 Å². The number of hydrogen-bond donors (Lipinski definition) is 1. The van der Waals surface area contributed by atoms with Crippen LogP contribution >= 0.6 is 11.3 Å². The number of fused-ring (bicyclic) bond motifs is 1. The van der Waals surface area contributed by atoms with Crippen molar-refractivity contribution in [1.82, 2.24) is 14.7 Å². The molecule has 1 aromatic rings. The van der Waals surface area contributed by atoms with Gasteiger partial charge in [0, 0.05) is 57.1 Å². The van der Waals surface area contributed by atoms with Crippen LogP contribution in [0, 0.1) is 17.2 Å². The number of carbonyl (C=O) groups excluding carboxylic acids is 2. The molecule has 1 aliphatic carbocycles. The molecular formula is C23H35N5O2S. The Morgan fingerprint density at radius 2 is 1.87 bits per heavy atom. The zero-order valence-corrected chi connectivity index (χ0v) is 19.9. The summed E-state index contributed by atoms with van der Waals surface area (Å²) in [7, 11) is 0. The summed E-state index contributed by atoms with van der Waals surface area (Å²) in [5.74, 6) is 0.809. The summed E-state index contributed by atoms with van der Waals surface area (Å²) in [6.45, 7) is 12.4. The van der Waals surface area contributed by atoms with Gasteiger partial charge in [-0.25, -0.2) is 0 Å². The summed E-state index contributed by atoms with van der Waals surface area (Å²) in [4.78, 5) is 32.5. The van der Waals surface area contributed by atoms with Gasteiger partial charge in [-0.1, -0.05) is 6.92 Å². The van der Waals surface area contributed by atoms with E-state index in [-0.39, 0.29) is 11.8 Å². The van der Waals surface area contributed by atoms with E-state index in [1.54, 1.807) is 11.3 Å². The van der Waals surface area contributed by atoms with E-state index < -0.39 is 0 Å². The van der Waals surface area contributed by atoms with Gasteiger partial charge in [0.2, 0.25) is 11.8 Å². The standard InChI is InChI=1S/C23H35N5O2S/c1-4-28(5-2)22(30)16-27-12-10-26(11-13-27)9-8-21(29)25-23-19(15-24)18-7-6-17(3)14-20(18)31-23/h17H,4-14,16H2,1-3H3,(H,25,29). The molecule has 1 N–H and O–H groups in total. The Balaban J connectivity index is 1.43. The number of rotatable bonds is 8. The van der Waals surface area contributed by atoms with Gasteiger partial charge in [-0.2, -0.15) is 5.26 Å². The molecule has 0 radical (unpaired) electrons. The second kappa shape index (κ2) is 11.1. The molecule has 0 bridgehead atoms. The molecule has 8 heteroatoms. The summed E-state index contributed by atoms with van der Waals surface area (Å²) in [5.41, 5.74) is 1.82. The monoisotopic (exact) mass is 445 g/mol. The second-order valence-corrected chi connectivity index (χ2v) is 9.75. The van der Waals surface area contributed by atoms with E-state index in [1.165, 1.54) is 4.88 Å². The molecule has 2 heterocycles. The van der Waals surface area contributed by atoms with Crippen LogP contribution in [0.4, 0.5) is 5.00 Å². The third-order valence-electron chi connectivity index (χ3n) is 6.47. The molecule has 1 fully saturated rings. The normalized spacial score (nSPS) is 19.5. The van der Waals surface area contributed by atoms with Crippen molar-refractivity contribution < 1.29 is 9.59 Å². The molecule has 2 aliphatic rings. The summed E-state index contributed by atoms with van der Waals surface area (Å²) in [6.07, 6.45) is 3.47. The Bertz CT molecular complexity index is 819. The van der Waals surface area contributed by atoms with Crippen molar-refractivity contribution >= 4 is 28.2 Å². The first-order chi connectivity index (χ1) is 14.9. The Labute approximate surface area is 190 Å². The minimum atomic E-state index is -0.0257. The van der Waals surface area contributed by atoms with Crippen LogP contribution in [0.15, 0.2) is 0 Å². The smallest absolute Gasteiger partial charge is 0.236 e. The van der Waals surface area contributed by atoms with Crippen LogP contribution < -0.4 is 5.32 Å². The Kier molecular flexibility index (Phi) is 8.47. The van der Waals surface area contributed by atoms with Crippen molar-refractivity contribution in [2.24, 2.45) is 5.92 Å². The highest BCUT2D eigenvalue weighted by Gasteiger charge is 2.25. The quantitative estimate of drug-likeness (QED) is 0.665. The number of carbonyl (C=O) groups is 2. The summed E-state index contributed by atoms with van der Waals surface area (Å²) >= 11 is 1.58. The van der Waals surface area contributed by atoms with E-state index in [0.29, 0.717) is 31.0 Å². The van der Waals surface area contributed by atoms with Gasteiger partial charge in [-0.05, 0) is 44.6 Å². The number of thiophene rings is 1. The number of amides is 2. The van der Waals surface area contributed by atoms with Gasteiger partial charge < -0.3 is 15.1 Å². The molecule has 3 rings (SSSR count). The fraction of sp³-hybridized carbons (Fsp3) is 0.696. The predicted octanol–water partition coefficient (Wildman–Crippen LogP) is 2.56. The molecule has 2 amide bonds. The molecule has 170 valence electrons. The first-order valence-corrected chi connectivity index (χ1v) is 12.3. The van der Waals surface area contributed by atoms with Crippen molar-refractivity contribution in [3.8, 4) is 6.07 Å². The van der Waals surface area contributed by atoms with Crippen LogP contribution in [0.1, 0.15) is 49.6 Å². The third-order valence-corrected chi connectivity index (χ3v) is 7.64. The Morgan fingerprint density at radius 1 is 1.19 bits per heavy atom. The number of anilines is 1. The molecule has 0 spiro atoms. The minimum absolute atomic E-state index is 0.0257. The molecular weight excluding hydrogens is 410 g/mol. The van der Waals surface area contributed by atoms with Gasteiger partial charge in [-0.15, -0.1) is 11.3 Å². The van der Waals surface area contributed by atoms with Gasteiger partial charge in [0.15, 0.2) is 0 Å². The lowest BCUT2D eigenvalue weighted by Gasteiger charge is -2.35. The highest BCUT2D eigenvalue weighted by atomic mass is 32.1. The fourth-order valence-corrected chi connectivity index (χ4v) is 5.82. The fourth-order valence-electron chi connectivity index (χ4n) is 4.44. The lowest BCUT2D eigenvalue weighted by Crippen LogP contribution is -2.50. The van der Waals surface area contributed by atoms with Crippen molar-refractivity contribution in [1.29, 1.82) is 5.26 Å². The molecule has 0 saturated carbocycles. The summed E-state index contributed by atoms with van der Waals surface area (Å²) in [6, 6.07) is 2.31. The highest BCUT2D eigenvalue weighted by molar-refractivity contribution is 7.16. The van der Waals surface area contributed by atoms with E-state index in [1.807, 2.05) is 18.7 Å². The maximum absolute atomic E-state index is 12.6. The number of piperazine rings is 1. The van der Waals surface area contributed by atoms with Gasteiger partial charge in [-0.3, -0.25) is 14.5 Å². The highest BCUT2D eigenvalue weighted by Crippen LogP contribution is 2.39. The van der Waals surface area contributed by atoms with E-state index in [4.69, 9.17) is 0 Å². The Morgan fingerprint density at radius 3 is 2.52 bits per heavy atom. The van der Waals surface area contributed by atoms with Gasteiger partial charge in [0.25, 0.3) is 0 Å². The van der Waals surface area contributed by atoms with Crippen LogP contribution in [-0.2, 0) is 22.4 Å². The van der Waals surface area contributed by atoms with E-state index in [0.717, 1.165) is 69.1 Å². The first-order valence-electron chi connectivity index (χ1n) is 11.5. The van der Waals surface area contributed by atoms with Gasteiger partial charge >= 0.3 is 0 Å². The van der Waals surface area contributed by atoms with Crippen molar-refractivity contribution in [2.45, 2.75) is 46.5 Å². The van der Waals surface area contributed by atoms with Crippen molar-refractivity contribution in [3.05, 3.63) is 16.0 Å². The minimum Gasteiger partial charge on any atom is -0.342 e. The second-order valence-electron chi connectivity index (χ2n) is 8.65. The largest absolute Gasteiger partial charge is 0.342 e. The average molecular weight is 446 g/mol.